The van der Waals surface area contributed by atoms with Crippen LogP contribution >= 0.6 is 11.6 Å². The van der Waals surface area contributed by atoms with Gasteiger partial charge in [-0.05, 0) is 36.4 Å². The van der Waals surface area contributed by atoms with Gasteiger partial charge in [-0.1, -0.05) is 29.8 Å². The summed E-state index contributed by atoms with van der Waals surface area (Å²) in [7, 11) is 0. The summed E-state index contributed by atoms with van der Waals surface area (Å²) >= 11 is 6.02. The number of halogens is 1. The number of nitrogens with two attached hydrogens (primary N) is 2. The lowest BCUT2D eigenvalue weighted by molar-refractivity contribution is 0.805. The molecule has 2 aromatic heterocycles. The van der Waals surface area contributed by atoms with Gasteiger partial charge in [0.25, 0.3) is 0 Å². The summed E-state index contributed by atoms with van der Waals surface area (Å²) < 4.78 is 1.47. The van der Waals surface area contributed by atoms with Crippen LogP contribution in [-0.2, 0) is 0 Å². The predicted octanol–water partition coefficient (Wildman–Crippen LogP) is 3.21. The van der Waals surface area contributed by atoms with E-state index in [9.17, 15) is 10.5 Å². The number of pyridine rings is 1. The molecule has 0 unspecified atom stereocenters. The lowest BCUT2D eigenvalue weighted by Gasteiger charge is -2.13. The highest BCUT2D eigenvalue weighted by Gasteiger charge is 2.19. The van der Waals surface area contributed by atoms with Crippen molar-refractivity contribution in [1.82, 2.24) is 14.8 Å². The van der Waals surface area contributed by atoms with Crippen molar-refractivity contribution in [3.05, 3.63) is 76.2 Å². The summed E-state index contributed by atoms with van der Waals surface area (Å²) in [6, 6.07) is 20.0. The third-order valence-corrected chi connectivity index (χ3v) is 4.64. The van der Waals surface area contributed by atoms with Crippen molar-refractivity contribution in [2.45, 2.75) is 0 Å². The SMILES string of the molecule is N#Cc1c(N)nc2c(C#N)c(=Nc3ccccc3)n(-c3ccc(Cl)cc3)nc2c1N. The van der Waals surface area contributed by atoms with Crippen LogP contribution in [0.25, 0.3) is 16.7 Å². The summed E-state index contributed by atoms with van der Waals surface area (Å²) in [5.74, 6) is -0.0734. The standard InChI is InChI=1S/C21H13ClN8/c22-12-6-8-14(9-7-12)30-21(27-13-4-2-1-3-5-13)16(11-24)18-19(29-30)17(25)15(10-23)20(26)28-18/h1-9H,25H2,(H2,26,28). The summed E-state index contributed by atoms with van der Waals surface area (Å²) in [6.07, 6.45) is 0. The van der Waals surface area contributed by atoms with Gasteiger partial charge >= 0.3 is 0 Å². The molecule has 2 heterocycles. The molecular formula is C21H13ClN8. The Labute approximate surface area is 175 Å². The zero-order valence-corrected chi connectivity index (χ0v) is 16.2. The van der Waals surface area contributed by atoms with E-state index in [0.29, 0.717) is 16.4 Å². The molecule has 0 aliphatic rings. The molecule has 0 saturated carbocycles. The maximum atomic E-state index is 9.96. The molecule has 0 saturated heterocycles. The lowest BCUT2D eigenvalue weighted by Crippen LogP contribution is -2.26. The number of benzene rings is 2. The van der Waals surface area contributed by atoms with Gasteiger partial charge in [-0.3, -0.25) is 0 Å². The normalized spacial score (nSPS) is 11.2. The van der Waals surface area contributed by atoms with Gasteiger partial charge in [-0.15, -0.1) is 0 Å². The molecule has 4 rings (SSSR count). The molecule has 30 heavy (non-hydrogen) atoms. The molecule has 8 nitrogen and oxygen atoms in total. The van der Waals surface area contributed by atoms with E-state index in [1.165, 1.54) is 4.68 Å². The summed E-state index contributed by atoms with van der Waals surface area (Å²) in [6.45, 7) is 0. The van der Waals surface area contributed by atoms with Crippen LogP contribution in [-0.4, -0.2) is 14.8 Å². The molecule has 144 valence electrons. The number of rotatable bonds is 2. The van der Waals surface area contributed by atoms with E-state index < -0.39 is 0 Å². The van der Waals surface area contributed by atoms with Gasteiger partial charge in [-0.25, -0.2) is 14.7 Å². The maximum Gasteiger partial charge on any atom is 0.174 e. The zero-order valence-electron chi connectivity index (χ0n) is 15.4. The van der Waals surface area contributed by atoms with Gasteiger partial charge in [0.2, 0.25) is 0 Å². The Kier molecular flexibility index (Phi) is 4.77. The van der Waals surface area contributed by atoms with Gasteiger partial charge in [0.15, 0.2) is 5.49 Å². The quantitative estimate of drug-likeness (QED) is 0.517. The molecule has 0 aliphatic heterocycles. The number of aromatic nitrogens is 3. The Balaban J connectivity index is 2.21. The van der Waals surface area contributed by atoms with Gasteiger partial charge in [0.05, 0.1) is 17.1 Å². The number of anilines is 2. The Bertz CT molecular complexity index is 1430. The second-order valence-electron chi connectivity index (χ2n) is 6.24. The van der Waals surface area contributed by atoms with E-state index in [0.717, 1.165) is 0 Å². The van der Waals surface area contributed by atoms with Crippen molar-refractivity contribution in [3.8, 4) is 17.8 Å². The smallest absolute Gasteiger partial charge is 0.174 e. The van der Waals surface area contributed by atoms with Gasteiger partial charge in [-0.2, -0.15) is 15.6 Å². The van der Waals surface area contributed by atoms with Crippen LogP contribution in [0.5, 0.6) is 0 Å². The zero-order chi connectivity index (χ0) is 21.3. The molecule has 2 aromatic carbocycles. The minimum absolute atomic E-state index is 0.00861. The molecule has 0 amide bonds. The summed E-state index contributed by atoms with van der Waals surface area (Å²) in [5, 5.41) is 24.4. The van der Waals surface area contributed by atoms with E-state index in [1.54, 1.807) is 36.4 Å². The lowest BCUT2D eigenvalue weighted by atomic mass is 10.1. The summed E-state index contributed by atoms with van der Waals surface area (Å²) in [5.41, 5.74) is 14.0. The van der Waals surface area contributed by atoms with Crippen molar-refractivity contribution in [2.24, 2.45) is 4.99 Å². The fourth-order valence-corrected chi connectivity index (χ4v) is 3.08. The van der Waals surface area contributed by atoms with Crippen molar-refractivity contribution >= 4 is 39.8 Å². The molecule has 0 atom stereocenters. The van der Waals surface area contributed by atoms with E-state index in [2.05, 4.69) is 21.1 Å². The predicted molar refractivity (Wildman–Crippen MR) is 114 cm³/mol. The first-order chi connectivity index (χ1) is 14.5. The summed E-state index contributed by atoms with van der Waals surface area (Å²) in [4.78, 5) is 8.85. The van der Waals surface area contributed by atoms with E-state index in [-0.39, 0.29) is 39.2 Å². The second kappa shape index (κ2) is 7.55. The number of nitriles is 2. The average Bonchev–Trinajstić information content (AvgIpc) is 2.75. The highest BCUT2D eigenvalue weighted by Crippen LogP contribution is 2.26. The molecular weight excluding hydrogens is 400 g/mol. The van der Waals surface area contributed by atoms with Crippen molar-refractivity contribution < 1.29 is 0 Å². The minimum atomic E-state index is -0.0734. The van der Waals surface area contributed by atoms with Gasteiger partial charge in [0.1, 0.15) is 40.1 Å². The topological polar surface area (TPSA) is 143 Å². The number of para-hydroxylation sites is 1. The number of hydrogen-bond acceptors (Lipinski definition) is 7. The number of nitrogens with zero attached hydrogens (tertiary/aromatic N) is 6. The van der Waals surface area contributed by atoms with Gasteiger partial charge < -0.3 is 11.5 Å². The highest BCUT2D eigenvalue weighted by atomic mass is 35.5. The Hall–Kier alpha value is -4.40. The van der Waals surface area contributed by atoms with Crippen LogP contribution in [0.2, 0.25) is 5.02 Å². The molecule has 0 fully saturated rings. The molecule has 4 N–H and O–H groups in total. The third-order valence-electron chi connectivity index (χ3n) is 4.38. The van der Waals surface area contributed by atoms with E-state index in [1.807, 2.05) is 24.3 Å². The van der Waals surface area contributed by atoms with Gasteiger partial charge in [0, 0.05) is 5.02 Å². The van der Waals surface area contributed by atoms with Crippen LogP contribution in [0.3, 0.4) is 0 Å². The molecule has 0 bridgehead atoms. The Morgan fingerprint density at radius 3 is 2.20 bits per heavy atom. The first-order valence-electron chi connectivity index (χ1n) is 8.71. The Morgan fingerprint density at radius 1 is 0.900 bits per heavy atom. The Morgan fingerprint density at radius 2 is 1.57 bits per heavy atom. The molecule has 0 spiro atoms. The van der Waals surface area contributed by atoms with E-state index in [4.69, 9.17) is 23.1 Å². The monoisotopic (exact) mass is 412 g/mol. The van der Waals surface area contributed by atoms with Crippen molar-refractivity contribution in [2.75, 3.05) is 11.5 Å². The largest absolute Gasteiger partial charge is 0.396 e. The van der Waals surface area contributed by atoms with Crippen LogP contribution in [0, 0.1) is 22.7 Å². The maximum absolute atomic E-state index is 9.96. The molecule has 9 heteroatoms. The number of fused-ring (bicyclic) bond motifs is 1. The van der Waals surface area contributed by atoms with Crippen LogP contribution in [0.1, 0.15) is 11.1 Å². The first-order valence-corrected chi connectivity index (χ1v) is 9.09. The first kappa shape index (κ1) is 18.9. The van der Waals surface area contributed by atoms with Crippen molar-refractivity contribution in [3.63, 3.8) is 0 Å². The van der Waals surface area contributed by atoms with E-state index >= 15 is 0 Å². The average molecular weight is 413 g/mol. The molecule has 4 aromatic rings. The molecule has 0 radical (unpaired) electrons. The fraction of sp³-hybridized carbons (Fsp3) is 0. The highest BCUT2D eigenvalue weighted by molar-refractivity contribution is 6.30. The van der Waals surface area contributed by atoms with Crippen LogP contribution in [0.15, 0.2) is 59.6 Å². The van der Waals surface area contributed by atoms with Crippen LogP contribution < -0.4 is 17.0 Å². The fourth-order valence-electron chi connectivity index (χ4n) is 2.96. The third kappa shape index (κ3) is 3.18. The molecule has 0 aliphatic carbocycles. The number of nitrogen functional groups attached to an aromatic ring is 2. The van der Waals surface area contributed by atoms with Crippen molar-refractivity contribution in [1.29, 1.82) is 10.5 Å². The van der Waals surface area contributed by atoms with Crippen LogP contribution in [0.4, 0.5) is 17.2 Å². The minimum Gasteiger partial charge on any atom is -0.396 e. The second-order valence-corrected chi connectivity index (χ2v) is 6.68. The number of hydrogen-bond donors (Lipinski definition) is 2.